The number of hydrogen-bond acceptors (Lipinski definition) is 3. The number of nitrogens with one attached hydrogen (secondary N) is 1. The number of nitrogens with zero attached hydrogens (tertiary/aromatic N) is 1. The minimum absolute atomic E-state index is 0.00784. The lowest BCUT2D eigenvalue weighted by Crippen LogP contribution is -2.51. The van der Waals surface area contributed by atoms with E-state index in [-0.39, 0.29) is 11.5 Å². The molecule has 1 atom stereocenters. The molecular weight excluding hydrogens is 262 g/mol. The van der Waals surface area contributed by atoms with E-state index in [1.807, 2.05) is 6.92 Å². The average Bonchev–Trinajstić information content (AvgIpc) is 2.86. The lowest BCUT2D eigenvalue weighted by molar-refractivity contribution is 0.257. The maximum atomic E-state index is 12.4. The van der Waals surface area contributed by atoms with Gasteiger partial charge in [0.2, 0.25) is 0 Å². The number of nitrogens with two attached hydrogens (primary N) is 1. The highest BCUT2D eigenvalue weighted by atomic mass is 32.2. The molecular formula is C13H27N3O2S. The third-order valence-electron chi connectivity index (χ3n) is 4.78. The Hall–Kier alpha value is -0.170. The summed E-state index contributed by atoms with van der Waals surface area (Å²) in [5, 5.41) is 0. The molecule has 0 aromatic heterocycles. The van der Waals surface area contributed by atoms with Crippen molar-refractivity contribution in [2.24, 2.45) is 11.1 Å². The van der Waals surface area contributed by atoms with Gasteiger partial charge in [0.25, 0.3) is 10.2 Å². The maximum Gasteiger partial charge on any atom is 0.279 e. The van der Waals surface area contributed by atoms with Gasteiger partial charge in [-0.2, -0.15) is 12.7 Å². The Bertz CT molecular complexity index is 391. The molecule has 5 nitrogen and oxygen atoms in total. The van der Waals surface area contributed by atoms with Crippen LogP contribution < -0.4 is 10.5 Å². The largest absolute Gasteiger partial charge is 0.330 e. The highest BCUT2D eigenvalue weighted by molar-refractivity contribution is 7.87. The molecule has 1 aliphatic carbocycles. The summed E-state index contributed by atoms with van der Waals surface area (Å²) in [7, 11) is -3.34. The van der Waals surface area contributed by atoms with Crippen LogP contribution >= 0.6 is 0 Å². The van der Waals surface area contributed by atoms with Crippen LogP contribution in [0.25, 0.3) is 0 Å². The van der Waals surface area contributed by atoms with Gasteiger partial charge in [0.1, 0.15) is 0 Å². The smallest absolute Gasteiger partial charge is 0.279 e. The van der Waals surface area contributed by atoms with Crippen LogP contribution in [0.2, 0.25) is 0 Å². The number of hydrogen-bond donors (Lipinski definition) is 2. The van der Waals surface area contributed by atoms with E-state index in [4.69, 9.17) is 5.73 Å². The molecule has 0 spiro atoms. The first kappa shape index (κ1) is 15.2. The van der Waals surface area contributed by atoms with Gasteiger partial charge in [-0.1, -0.05) is 19.3 Å². The molecule has 0 aromatic carbocycles. The van der Waals surface area contributed by atoms with Crippen molar-refractivity contribution in [2.45, 2.75) is 57.9 Å². The summed E-state index contributed by atoms with van der Waals surface area (Å²) in [6.07, 6.45) is 7.47. The van der Waals surface area contributed by atoms with Crippen molar-refractivity contribution in [3.05, 3.63) is 0 Å². The third-order valence-corrected chi connectivity index (χ3v) is 6.45. The maximum absolute atomic E-state index is 12.4. The SMILES string of the molecule is CC1CCCCN1S(=O)(=O)NCC1(CN)CCCC1. The quantitative estimate of drug-likeness (QED) is 0.799. The van der Waals surface area contributed by atoms with Crippen molar-refractivity contribution >= 4 is 10.2 Å². The highest BCUT2D eigenvalue weighted by Gasteiger charge is 2.36. The van der Waals surface area contributed by atoms with Crippen molar-refractivity contribution < 1.29 is 8.42 Å². The molecule has 0 amide bonds. The summed E-state index contributed by atoms with van der Waals surface area (Å²) >= 11 is 0. The van der Waals surface area contributed by atoms with Crippen molar-refractivity contribution in [2.75, 3.05) is 19.6 Å². The second kappa shape index (κ2) is 6.08. The second-order valence-corrected chi connectivity index (χ2v) is 7.90. The van der Waals surface area contributed by atoms with Crippen molar-refractivity contribution in [1.82, 2.24) is 9.03 Å². The Morgan fingerprint density at radius 3 is 2.53 bits per heavy atom. The summed E-state index contributed by atoms with van der Waals surface area (Å²) in [4.78, 5) is 0. The topological polar surface area (TPSA) is 75.4 Å². The van der Waals surface area contributed by atoms with E-state index in [1.54, 1.807) is 4.31 Å². The van der Waals surface area contributed by atoms with Crippen LogP contribution in [0.15, 0.2) is 0 Å². The zero-order chi connectivity index (χ0) is 13.9. The van der Waals surface area contributed by atoms with Crippen molar-refractivity contribution in [3.8, 4) is 0 Å². The first-order valence-electron chi connectivity index (χ1n) is 7.46. The molecule has 0 radical (unpaired) electrons. The zero-order valence-corrected chi connectivity index (χ0v) is 12.7. The molecule has 1 heterocycles. The van der Waals surface area contributed by atoms with Crippen LogP contribution in [0.5, 0.6) is 0 Å². The molecule has 3 N–H and O–H groups in total. The lowest BCUT2D eigenvalue weighted by Gasteiger charge is -2.34. The van der Waals surface area contributed by atoms with Crippen molar-refractivity contribution in [1.29, 1.82) is 0 Å². The molecule has 112 valence electrons. The minimum atomic E-state index is -3.34. The van der Waals surface area contributed by atoms with Gasteiger partial charge >= 0.3 is 0 Å². The van der Waals surface area contributed by atoms with Gasteiger partial charge in [0.15, 0.2) is 0 Å². The molecule has 0 aromatic rings. The normalized spacial score (nSPS) is 28.6. The molecule has 6 heteroatoms. The first-order valence-corrected chi connectivity index (χ1v) is 8.90. The number of piperidine rings is 1. The van der Waals surface area contributed by atoms with Crippen molar-refractivity contribution in [3.63, 3.8) is 0 Å². The fourth-order valence-electron chi connectivity index (χ4n) is 3.33. The predicted molar refractivity (Wildman–Crippen MR) is 76.9 cm³/mol. The molecule has 2 rings (SSSR count). The molecule has 19 heavy (non-hydrogen) atoms. The molecule has 2 fully saturated rings. The first-order chi connectivity index (χ1) is 8.99. The van der Waals surface area contributed by atoms with Gasteiger partial charge in [0.05, 0.1) is 0 Å². The van der Waals surface area contributed by atoms with Crippen LogP contribution in [-0.2, 0) is 10.2 Å². The molecule has 0 bridgehead atoms. The molecule has 2 aliphatic rings. The highest BCUT2D eigenvalue weighted by Crippen LogP contribution is 2.36. The van der Waals surface area contributed by atoms with Gasteiger partial charge in [0, 0.05) is 19.1 Å². The minimum Gasteiger partial charge on any atom is -0.330 e. The Balaban J connectivity index is 1.97. The molecule has 1 unspecified atom stereocenters. The van der Waals surface area contributed by atoms with E-state index in [0.717, 1.165) is 32.1 Å². The number of rotatable bonds is 5. The molecule has 1 aliphatic heterocycles. The van der Waals surface area contributed by atoms with E-state index >= 15 is 0 Å². The Kier molecular flexibility index (Phi) is 4.87. The van der Waals surface area contributed by atoms with E-state index < -0.39 is 10.2 Å². The summed E-state index contributed by atoms with van der Waals surface area (Å²) in [5.74, 6) is 0. The second-order valence-electron chi connectivity index (χ2n) is 6.19. The van der Waals surface area contributed by atoms with E-state index in [0.29, 0.717) is 19.6 Å². The predicted octanol–water partition coefficient (Wildman–Crippen LogP) is 1.21. The summed E-state index contributed by atoms with van der Waals surface area (Å²) in [6, 6.07) is 0.114. The van der Waals surface area contributed by atoms with Gasteiger partial charge in [-0.3, -0.25) is 0 Å². The Morgan fingerprint density at radius 2 is 1.95 bits per heavy atom. The third kappa shape index (κ3) is 3.48. The fraction of sp³-hybridized carbons (Fsp3) is 1.00. The van der Waals surface area contributed by atoms with Crippen LogP contribution in [-0.4, -0.2) is 38.4 Å². The van der Waals surface area contributed by atoms with Gasteiger partial charge in [-0.25, -0.2) is 4.72 Å². The fourth-order valence-corrected chi connectivity index (χ4v) is 4.94. The van der Waals surface area contributed by atoms with Gasteiger partial charge in [-0.05, 0) is 44.6 Å². The van der Waals surface area contributed by atoms with E-state index in [9.17, 15) is 8.42 Å². The molecule has 1 saturated heterocycles. The summed E-state index contributed by atoms with van der Waals surface area (Å²) in [5.41, 5.74) is 5.85. The van der Waals surface area contributed by atoms with Crippen LogP contribution in [0, 0.1) is 5.41 Å². The monoisotopic (exact) mass is 289 g/mol. The summed E-state index contributed by atoms with van der Waals surface area (Å²) in [6.45, 7) is 3.71. The zero-order valence-electron chi connectivity index (χ0n) is 11.9. The lowest BCUT2D eigenvalue weighted by atomic mass is 9.87. The standard InChI is InChI=1S/C13H27N3O2S/c1-12-6-2-5-9-16(12)19(17,18)15-11-13(10-14)7-3-4-8-13/h12,15H,2-11,14H2,1H3. The Labute approximate surface area is 117 Å². The van der Waals surface area contributed by atoms with Crippen LogP contribution in [0.3, 0.4) is 0 Å². The average molecular weight is 289 g/mol. The van der Waals surface area contributed by atoms with E-state index in [1.165, 1.54) is 12.8 Å². The van der Waals surface area contributed by atoms with Gasteiger partial charge < -0.3 is 5.73 Å². The Morgan fingerprint density at radius 1 is 1.26 bits per heavy atom. The van der Waals surface area contributed by atoms with E-state index in [2.05, 4.69) is 4.72 Å². The summed E-state index contributed by atoms with van der Waals surface area (Å²) < 4.78 is 29.2. The van der Waals surface area contributed by atoms with Crippen LogP contribution in [0.4, 0.5) is 0 Å². The van der Waals surface area contributed by atoms with Gasteiger partial charge in [-0.15, -0.1) is 0 Å². The molecule has 1 saturated carbocycles. The van der Waals surface area contributed by atoms with Crippen LogP contribution in [0.1, 0.15) is 51.9 Å².